The fourth-order valence-electron chi connectivity index (χ4n) is 3.46. The van der Waals surface area contributed by atoms with Crippen LogP contribution in [0.2, 0.25) is 0 Å². The standard InChI is InChI=1S/C16H31NO/c1-13(2)15-6-9-16(12-17,10-7-15)18-11-8-14-4-3-5-14/h13-15H,3-12,17H2,1-2H3. The summed E-state index contributed by atoms with van der Waals surface area (Å²) in [6.07, 6.45) is 10.5. The molecule has 2 aliphatic carbocycles. The predicted octanol–water partition coefficient (Wildman–Crippen LogP) is 3.74. The molecule has 18 heavy (non-hydrogen) atoms. The molecule has 2 rings (SSSR count). The van der Waals surface area contributed by atoms with E-state index in [1.54, 1.807) is 0 Å². The molecule has 2 aliphatic rings. The molecule has 2 nitrogen and oxygen atoms in total. The molecule has 0 aromatic carbocycles. The molecule has 0 aliphatic heterocycles. The topological polar surface area (TPSA) is 35.2 Å². The lowest BCUT2D eigenvalue weighted by Gasteiger charge is -2.41. The molecule has 106 valence electrons. The molecule has 0 spiro atoms. The molecule has 0 radical (unpaired) electrons. The minimum absolute atomic E-state index is 0.0230. The van der Waals surface area contributed by atoms with E-state index in [2.05, 4.69) is 13.8 Å². The minimum atomic E-state index is 0.0230. The quantitative estimate of drug-likeness (QED) is 0.782. The maximum Gasteiger partial charge on any atom is 0.0804 e. The van der Waals surface area contributed by atoms with Gasteiger partial charge in [-0.25, -0.2) is 0 Å². The lowest BCUT2D eigenvalue weighted by molar-refractivity contribution is -0.0801. The van der Waals surface area contributed by atoms with E-state index in [4.69, 9.17) is 10.5 Å². The van der Waals surface area contributed by atoms with Gasteiger partial charge in [0.1, 0.15) is 0 Å². The third kappa shape index (κ3) is 3.48. The van der Waals surface area contributed by atoms with Crippen molar-refractivity contribution in [3.8, 4) is 0 Å². The van der Waals surface area contributed by atoms with Crippen LogP contribution in [0.3, 0.4) is 0 Å². The second kappa shape index (κ2) is 6.38. The second-order valence-corrected chi connectivity index (χ2v) is 6.90. The molecule has 0 aromatic rings. The van der Waals surface area contributed by atoms with Crippen LogP contribution in [-0.2, 0) is 4.74 Å². The number of ether oxygens (including phenoxy) is 1. The van der Waals surface area contributed by atoms with E-state index in [1.807, 2.05) is 0 Å². The fourth-order valence-corrected chi connectivity index (χ4v) is 3.46. The van der Waals surface area contributed by atoms with Crippen molar-refractivity contribution < 1.29 is 4.74 Å². The van der Waals surface area contributed by atoms with Gasteiger partial charge in [-0.2, -0.15) is 0 Å². The predicted molar refractivity (Wildman–Crippen MR) is 76.5 cm³/mol. The normalized spacial score (nSPS) is 33.7. The Bertz CT molecular complexity index is 239. The summed E-state index contributed by atoms with van der Waals surface area (Å²) in [5, 5.41) is 0. The van der Waals surface area contributed by atoms with Crippen LogP contribution in [0.4, 0.5) is 0 Å². The summed E-state index contributed by atoms with van der Waals surface area (Å²) in [5.74, 6) is 2.66. The zero-order valence-electron chi connectivity index (χ0n) is 12.3. The van der Waals surface area contributed by atoms with E-state index in [0.717, 1.165) is 24.4 Å². The molecule has 2 saturated carbocycles. The molecular weight excluding hydrogens is 222 g/mol. The van der Waals surface area contributed by atoms with Gasteiger partial charge in [0, 0.05) is 13.2 Å². The van der Waals surface area contributed by atoms with Gasteiger partial charge in [0.15, 0.2) is 0 Å². The first-order chi connectivity index (χ1) is 8.65. The molecule has 2 fully saturated rings. The lowest BCUT2D eigenvalue weighted by Crippen LogP contribution is -2.45. The molecule has 0 bridgehead atoms. The highest BCUT2D eigenvalue weighted by Gasteiger charge is 2.36. The van der Waals surface area contributed by atoms with Crippen LogP contribution < -0.4 is 5.73 Å². The molecule has 0 amide bonds. The third-order valence-electron chi connectivity index (χ3n) is 5.42. The summed E-state index contributed by atoms with van der Waals surface area (Å²) in [6.45, 7) is 6.34. The van der Waals surface area contributed by atoms with Gasteiger partial charge < -0.3 is 10.5 Å². The Hall–Kier alpha value is -0.0800. The van der Waals surface area contributed by atoms with Gasteiger partial charge in [-0.05, 0) is 49.9 Å². The summed E-state index contributed by atoms with van der Waals surface area (Å²) in [6, 6.07) is 0. The summed E-state index contributed by atoms with van der Waals surface area (Å²) in [4.78, 5) is 0. The minimum Gasteiger partial charge on any atom is -0.374 e. The molecular formula is C16H31NO. The Morgan fingerprint density at radius 2 is 1.83 bits per heavy atom. The van der Waals surface area contributed by atoms with Crippen molar-refractivity contribution in [2.24, 2.45) is 23.5 Å². The smallest absolute Gasteiger partial charge is 0.0804 e. The van der Waals surface area contributed by atoms with Crippen LogP contribution in [-0.4, -0.2) is 18.8 Å². The van der Waals surface area contributed by atoms with Crippen LogP contribution >= 0.6 is 0 Å². The van der Waals surface area contributed by atoms with Crippen molar-refractivity contribution in [2.75, 3.05) is 13.2 Å². The van der Waals surface area contributed by atoms with Gasteiger partial charge >= 0.3 is 0 Å². The van der Waals surface area contributed by atoms with Crippen LogP contribution in [0.5, 0.6) is 0 Å². The van der Waals surface area contributed by atoms with Crippen LogP contribution in [0, 0.1) is 17.8 Å². The molecule has 2 heteroatoms. The average molecular weight is 253 g/mol. The largest absolute Gasteiger partial charge is 0.374 e. The summed E-state index contributed by atoms with van der Waals surface area (Å²) in [7, 11) is 0. The fraction of sp³-hybridized carbons (Fsp3) is 1.00. The lowest BCUT2D eigenvalue weighted by atomic mass is 9.74. The first-order valence-electron chi connectivity index (χ1n) is 7.99. The Kier molecular flexibility index (Phi) is 5.08. The van der Waals surface area contributed by atoms with Gasteiger partial charge in [-0.15, -0.1) is 0 Å². The third-order valence-corrected chi connectivity index (χ3v) is 5.42. The molecule has 0 atom stereocenters. The van der Waals surface area contributed by atoms with E-state index in [1.165, 1.54) is 51.4 Å². The van der Waals surface area contributed by atoms with Crippen LogP contribution in [0.15, 0.2) is 0 Å². The summed E-state index contributed by atoms with van der Waals surface area (Å²) >= 11 is 0. The van der Waals surface area contributed by atoms with Gasteiger partial charge in [-0.1, -0.05) is 33.1 Å². The Balaban J connectivity index is 1.72. The Morgan fingerprint density at radius 3 is 2.28 bits per heavy atom. The van der Waals surface area contributed by atoms with Crippen molar-refractivity contribution in [3.63, 3.8) is 0 Å². The van der Waals surface area contributed by atoms with Gasteiger partial charge in [0.2, 0.25) is 0 Å². The molecule has 0 saturated heterocycles. The second-order valence-electron chi connectivity index (χ2n) is 6.90. The first-order valence-corrected chi connectivity index (χ1v) is 7.99. The van der Waals surface area contributed by atoms with Gasteiger partial charge in [-0.3, -0.25) is 0 Å². The highest BCUT2D eigenvalue weighted by atomic mass is 16.5. The number of hydrogen-bond acceptors (Lipinski definition) is 2. The van der Waals surface area contributed by atoms with E-state index < -0.39 is 0 Å². The van der Waals surface area contributed by atoms with E-state index in [-0.39, 0.29) is 5.60 Å². The average Bonchev–Trinajstić information content (AvgIpc) is 2.33. The number of nitrogens with two attached hydrogens (primary N) is 1. The van der Waals surface area contributed by atoms with E-state index >= 15 is 0 Å². The Morgan fingerprint density at radius 1 is 1.17 bits per heavy atom. The SMILES string of the molecule is CC(C)C1CCC(CN)(OCCC2CCC2)CC1. The van der Waals surface area contributed by atoms with Crippen molar-refractivity contribution in [2.45, 2.75) is 70.8 Å². The zero-order valence-corrected chi connectivity index (χ0v) is 12.3. The number of rotatable bonds is 6. The summed E-state index contributed by atoms with van der Waals surface area (Å²) < 4.78 is 6.23. The highest BCUT2D eigenvalue weighted by Crippen LogP contribution is 2.38. The zero-order chi connectivity index (χ0) is 13.0. The summed E-state index contributed by atoms with van der Waals surface area (Å²) in [5.41, 5.74) is 6.02. The van der Waals surface area contributed by atoms with Crippen molar-refractivity contribution in [1.29, 1.82) is 0 Å². The Labute approximate surface area is 113 Å². The monoisotopic (exact) mass is 253 g/mol. The molecule has 0 heterocycles. The van der Waals surface area contributed by atoms with Crippen molar-refractivity contribution in [1.82, 2.24) is 0 Å². The molecule has 0 aromatic heterocycles. The van der Waals surface area contributed by atoms with Crippen molar-refractivity contribution >= 4 is 0 Å². The highest BCUT2D eigenvalue weighted by molar-refractivity contribution is 4.89. The van der Waals surface area contributed by atoms with E-state index in [0.29, 0.717) is 6.54 Å². The van der Waals surface area contributed by atoms with E-state index in [9.17, 15) is 0 Å². The van der Waals surface area contributed by atoms with Crippen LogP contribution in [0.1, 0.15) is 65.2 Å². The van der Waals surface area contributed by atoms with Gasteiger partial charge in [0.05, 0.1) is 5.60 Å². The van der Waals surface area contributed by atoms with Crippen LogP contribution in [0.25, 0.3) is 0 Å². The molecule has 2 N–H and O–H groups in total. The van der Waals surface area contributed by atoms with Gasteiger partial charge in [0.25, 0.3) is 0 Å². The molecule has 0 unspecified atom stereocenters. The maximum atomic E-state index is 6.23. The first kappa shape index (κ1) is 14.3. The van der Waals surface area contributed by atoms with Crippen molar-refractivity contribution in [3.05, 3.63) is 0 Å². The maximum absolute atomic E-state index is 6.23. The number of hydrogen-bond donors (Lipinski definition) is 1.